The second-order valence-corrected chi connectivity index (χ2v) is 6.72. The number of fused-ring (bicyclic) bond motifs is 1. The molecule has 3 heterocycles. The first-order valence-corrected chi connectivity index (χ1v) is 8.52. The second-order valence-electron chi connectivity index (χ2n) is 6.32. The van der Waals surface area contributed by atoms with E-state index in [2.05, 4.69) is 15.1 Å². The van der Waals surface area contributed by atoms with Gasteiger partial charge in [0, 0.05) is 49.4 Å². The average molecular weight is 391 g/mol. The van der Waals surface area contributed by atoms with Crippen LogP contribution in [-0.4, -0.2) is 36.8 Å². The highest BCUT2D eigenvalue weighted by atomic mass is 35.5. The van der Waals surface area contributed by atoms with Gasteiger partial charge in [0.25, 0.3) is 5.56 Å². The fraction of sp³-hybridized carbons (Fsp3) is 0.235. The first-order valence-electron chi connectivity index (χ1n) is 8.15. The Bertz CT molecular complexity index is 1130. The molecule has 0 saturated carbocycles. The van der Waals surface area contributed by atoms with Gasteiger partial charge < -0.3 is 19.7 Å². The number of H-pyrrole nitrogens is 2. The first kappa shape index (κ1) is 17.4. The molecule has 0 amide bonds. The van der Waals surface area contributed by atoms with Crippen LogP contribution in [0.4, 0.5) is 0 Å². The first-order chi connectivity index (χ1) is 12.9. The van der Waals surface area contributed by atoms with E-state index in [0.717, 1.165) is 17.3 Å². The summed E-state index contributed by atoms with van der Waals surface area (Å²) < 4.78 is 5.42. The Morgan fingerprint density at radius 2 is 2.07 bits per heavy atom. The lowest BCUT2D eigenvalue weighted by Gasteiger charge is -2.25. The lowest BCUT2D eigenvalue weighted by atomic mass is 10.0. The van der Waals surface area contributed by atoms with Gasteiger partial charge in [0.15, 0.2) is 5.76 Å². The SMILES string of the molecule is O=c1[nH]cc(CN2CCc3noc(-c4cc(Cl)c(O)cc4O)c3C2)c(=O)[nH]1. The predicted octanol–water partition coefficient (Wildman–Crippen LogP) is 1.34. The smallest absolute Gasteiger partial charge is 0.325 e. The van der Waals surface area contributed by atoms with E-state index in [1.54, 1.807) is 0 Å². The molecule has 10 heteroatoms. The molecule has 140 valence electrons. The molecule has 3 aromatic rings. The summed E-state index contributed by atoms with van der Waals surface area (Å²) in [6.45, 7) is 1.42. The normalized spacial score (nSPS) is 14.3. The quantitative estimate of drug-likeness (QED) is 0.529. The minimum absolute atomic E-state index is 0.0837. The highest BCUT2D eigenvalue weighted by molar-refractivity contribution is 6.32. The number of benzene rings is 1. The van der Waals surface area contributed by atoms with Crippen molar-refractivity contribution in [1.29, 1.82) is 0 Å². The molecule has 1 aliphatic rings. The largest absolute Gasteiger partial charge is 0.507 e. The lowest BCUT2D eigenvalue weighted by Crippen LogP contribution is -2.34. The van der Waals surface area contributed by atoms with Crippen LogP contribution < -0.4 is 11.2 Å². The number of aromatic amines is 2. The number of phenolic OH excluding ortho intramolecular Hbond substituents is 2. The fourth-order valence-electron chi connectivity index (χ4n) is 3.14. The third-order valence-electron chi connectivity index (χ3n) is 4.52. The number of hydrogen-bond donors (Lipinski definition) is 4. The number of aromatic hydroxyl groups is 2. The van der Waals surface area contributed by atoms with Gasteiger partial charge in [-0.2, -0.15) is 0 Å². The molecule has 27 heavy (non-hydrogen) atoms. The maximum Gasteiger partial charge on any atom is 0.325 e. The van der Waals surface area contributed by atoms with Gasteiger partial charge >= 0.3 is 5.69 Å². The van der Waals surface area contributed by atoms with Crippen LogP contribution >= 0.6 is 11.6 Å². The van der Waals surface area contributed by atoms with Crippen molar-refractivity contribution >= 4 is 11.6 Å². The summed E-state index contributed by atoms with van der Waals surface area (Å²) >= 11 is 5.95. The van der Waals surface area contributed by atoms with Crippen molar-refractivity contribution in [3.8, 4) is 22.8 Å². The van der Waals surface area contributed by atoms with E-state index in [4.69, 9.17) is 16.1 Å². The van der Waals surface area contributed by atoms with Crippen molar-refractivity contribution in [2.75, 3.05) is 6.54 Å². The van der Waals surface area contributed by atoms with Crippen LogP contribution in [-0.2, 0) is 19.5 Å². The molecule has 0 saturated heterocycles. The van der Waals surface area contributed by atoms with Gasteiger partial charge in [-0.05, 0) is 6.07 Å². The molecule has 9 nitrogen and oxygen atoms in total. The zero-order valence-electron chi connectivity index (χ0n) is 14.0. The van der Waals surface area contributed by atoms with Crippen LogP contribution in [0.3, 0.4) is 0 Å². The van der Waals surface area contributed by atoms with E-state index in [1.165, 1.54) is 12.3 Å². The third-order valence-corrected chi connectivity index (χ3v) is 4.82. The van der Waals surface area contributed by atoms with Crippen LogP contribution in [0.25, 0.3) is 11.3 Å². The molecule has 0 atom stereocenters. The van der Waals surface area contributed by atoms with Crippen molar-refractivity contribution in [2.45, 2.75) is 19.5 Å². The number of nitrogens with zero attached hydrogens (tertiary/aromatic N) is 2. The fourth-order valence-corrected chi connectivity index (χ4v) is 3.31. The molecule has 1 aromatic carbocycles. The number of phenols is 2. The van der Waals surface area contributed by atoms with Gasteiger partial charge in [-0.15, -0.1) is 0 Å². The van der Waals surface area contributed by atoms with Crippen molar-refractivity contribution in [1.82, 2.24) is 20.0 Å². The molecule has 0 radical (unpaired) electrons. The number of halogens is 1. The monoisotopic (exact) mass is 390 g/mol. The van der Waals surface area contributed by atoms with E-state index >= 15 is 0 Å². The van der Waals surface area contributed by atoms with Crippen LogP contribution in [0, 0.1) is 0 Å². The van der Waals surface area contributed by atoms with Crippen molar-refractivity contribution in [3.63, 3.8) is 0 Å². The number of hydrogen-bond acceptors (Lipinski definition) is 7. The Hall–Kier alpha value is -3.04. The van der Waals surface area contributed by atoms with Crippen molar-refractivity contribution in [2.24, 2.45) is 0 Å². The van der Waals surface area contributed by atoms with Crippen LogP contribution in [0.1, 0.15) is 16.8 Å². The van der Waals surface area contributed by atoms with Gasteiger partial charge in [-0.3, -0.25) is 14.7 Å². The standard InChI is InChI=1S/C17H15ClN4O5/c18-11-3-9(13(23)4-14(11)24)15-10-7-22(2-1-12(10)21-27-15)6-8-5-19-17(26)20-16(8)25/h3-5,23-24H,1-2,6-7H2,(H2,19,20,25,26). The van der Waals surface area contributed by atoms with E-state index < -0.39 is 11.2 Å². The van der Waals surface area contributed by atoms with E-state index in [0.29, 0.717) is 42.9 Å². The minimum Gasteiger partial charge on any atom is -0.507 e. The average Bonchev–Trinajstić information content (AvgIpc) is 3.03. The van der Waals surface area contributed by atoms with Gasteiger partial charge in [0.1, 0.15) is 11.5 Å². The Labute approximate surface area is 156 Å². The summed E-state index contributed by atoms with van der Waals surface area (Å²) in [5, 5.41) is 23.9. The van der Waals surface area contributed by atoms with Crippen LogP contribution in [0.15, 0.2) is 32.4 Å². The van der Waals surface area contributed by atoms with Gasteiger partial charge in [-0.1, -0.05) is 16.8 Å². The predicted molar refractivity (Wildman–Crippen MR) is 95.8 cm³/mol. The van der Waals surface area contributed by atoms with Gasteiger partial charge in [-0.25, -0.2) is 4.79 Å². The zero-order valence-corrected chi connectivity index (χ0v) is 14.7. The Balaban J connectivity index is 1.65. The topological polar surface area (TPSA) is 135 Å². The molecule has 4 rings (SSSR count). The Morgan fingerprint density at radius 1 is 1.26 bits per heavy atom. The highest BCUT2D eigenvalue weighted by Gasteiger charge is 2.27. The van der Waals surface area contributed by atoms with Crippen LogP contribution in [0.5, 0.6) is 11.5 Å². The van der Waals surface area contributed by atoms with Crippen molar-refractivity contribution < 1.29 is 14.7 Å². The molecule has 0 aliphatic carbocycles. The number of aromatic nitrogens is 3. The summed E-state index contributed by atoms with van der Waals surface area (Å²) in [5.74, 6) is -0.0419. The summed E-state index contributed by atoms with van der Waals surface area (Å²) in [6, 6.07) is 2.56. The summed E-state index contributed by atoms with van der Waals surface area (Å²) in [4.78, 5) is 29.7. The molecular weight excluding hydrogens is 376 g/mol. The third kappa shape index (κ3) is 3.22. The van der Waals surface area contributed by atoms with Gasteiger partial charge in [0.05, 0.1) is 16.3 Å². The Kier molecular flexibility index (Phi) is 4.25. The van der Waals surface area contributed by atoms with Gasteiger partial charge in [0.2, 0.25) is 0 Å². The minimum atomic E-state index is -0.550. The zero-order chi connectivity index (χ0) is 19.1. The second kappa shape index (κ2) is 6.60. The van der Waals surface area contributed by atoms with E-state index in [-0.39, 0.29) is 16.5 Å². The maximum atomic E-state index is 11.9. The maximum absolute atomic E-state index is 11.9. The van der Waals surface area contributed by atoms with Crippen molar-refractivity contribution in [3.05, 3.63) is 61.0 Å². The molecule has 2 aromatic heterocycles. The summed E-state index contributed by atoms with van der Waals surface area (Å²) in [5.41, 5.74) is 1.32. The molecule has 0 bridgehead atoms. The molecule has 1 aliphatic heterocycles. The molecule has 0 unspecified atom stereocenters. The van der Waals surface area contributed by atoms with E-state index in [1.807, 2.05) is 4.90 Å². The number of nitrogens with one attached hydrogen (secondary N) is 2. The van der Waals surface area contributed by atoms with Crippen LogP contribution in [0.2, 0.25) is 5.02 Å². The number of rotatable bonds is 3. The summed E-state index contributed by atoms with van der Waals surface area (Å²) in [7, 11) is 0. The Morgan fingerprint density at radius 3 is 2.85 bits per heavy atom. The molecule has 0 spiro atoms. The molecule has 0 fully saturated rings. The summed E-state index contributed by atoms with van der Waals surface area (Å²) in [6.07, 6.45) is 2.00. The molecular formula is C17H15ClN4O5. The van der Waals surface area contributed by atoms with E-state index in [9.17, 15) is 19.8 Å². The highest BCUT2D eigenvalue weighted by Crippen LogP contribution is 2.40. The lowest BCUT2D eigenvalue weighted by molar-refractivity contribution is 0.243. The molecule has 4 N–H and O–H groups in total.